The van der Waals surface area contributed by atoms with Gasteiger partial charge in [0.25, 0.3) is 5.56 Å². The van der Waals surface area contributed by atoms with Gasteiger partial charge in [0.2, 0.25) is 0 Å². The molecule has 3 rings (SSSR count). The zero-order valence-corrected chi connectivity index (χ0v) is 15.5. The molecule has 0 N–H and O–H groups in total. The van der Waals surface area contributed by atoms with Crippen molar-refractivity contribution in [3.8, 4) is 11.9 Å². The molecular formula is C20H20N6O. The number of rotatable bonds is 5. The summed E-state index contributed by atoms with van der Waals surface area (Å²) in [5.74, 6) is 0.817. The second kappa shape index (κ2) is 7.87. The van der Waals surface area contributed by atoms with E-state index in [1.165, 1.54) is 16.8 Å². The van der Waals surface area contributed by atoms with Crippen LogP contribution >= 0.6 is 0 Å². The summed E-state index contributed by atoms with van der Waals surface area (Å²) in [6, 6.07) is 5.33. The van der Waals surface area contributed by atoms with Gasteiger partial charge in [-0.2, -0.15) is 5.26 Å². The van der Waals surface area contributed by atoms with Crippen molar-refractivity contribution in [3.05, 3.63) is 76.1 Å². The third-order valence-corrected chi connectivity index (χ3v) is 4.28. The maximum absolute atomic E-state index is 12.3. The van der Waals surface area contributed by atoms with Crippen LogP contribution in [0, 0.1) is 11.3 Å². The Morgan fingerprint density at radius 3 is 2.56 bits per heavy atom. The third kappa shape index (κ3) is 4.23. The van der Waals surface area contributed by atoms with Crippen LogP contribution < -0.4 is 5.56 Å². The van der Waals surface area contributed by atoms with E-state index < -0.39 is 0 Å². The molecule has 0 spiro atoms. The number of hydrogen-bond acceptors (Lipinski definition) is 6. The molecule has 0 saturated heterocycles. The van der Waals surface area contributed by atoms with Crippen molar-refractivity contribution in [1.29, 1.82) is 5.26 Å². The molecule has 0 bridgehead atoms. The molecule has 3 aromatic heterocycles. The van der Waals surface area contributed by atoms with E-state index >= 15 is 0 Å². The van der Waals surface area contributed by atoms with E-state index in [1.807, 2.05) is 26.8 Å². The molecule has 0 radical (unpaired) electrons. The minimum atomic E-state index is -0.163. The van der Waals surface area contributed by atoms with Gasteiger partial charge in [0, 0.05) is 24.4 Å². The Kier molecular flexibility index (Phi) is 5.36. The summed E-state index contributed by atoms with van der Waals surface area (Å²) in [6.45, 7) is 6.10. The largest absolute Gasteiger partial charge is 0.269 e. The van der Waals surface area contributed by atoms with Gasteiger partial charge in [-0.1, -0.05) is 26.8 Å². The van der Waals surface area contributed by atoms with Crippen LogP contribution in [0.15, 0.2) is 47.9 Å². The van der Waals surface area contributed by atoms with Gasteiger partial charge in [0.15, 0.2) is 11.5 Å². The Morgan fingerprint density at radius 1 is 1.07 bits per heavy atom. The number of nitrogens with zero attached hydrogens (tertiary/aromatic N) is 6. The van der Waals surface area contributed by atoms with E-state index in [2.05, 4.69) is 19.9 Å². The normalized spacial score (nSPS) is 12.0. The first-order chi connectivity index (χ1) is 13.0. The van der Waals surface area contributed by atoms with E-state index in [1.54, 1.807) is 30.9 Å². The van der Waals surface area contributed by atoms with Crippen molar-refractivity contribution < 1.29 is 0 Å². The second-order valence-corrected chi connectivity index (χ2v) is 6.75. The van der Waals surface area contributed by atoms with Crippen LogP contribution in [0.25, 0.3) is 5.82 Å². The molecule has 0 aliphatic carbocycles. The van der Waals surface area contributed by atoms with Crippen LogP contribution in [0.1, 0.15) is 55.3 Å². The number of aromatic nitrogens is 5. The molecule has 0 amide bonds. The molecule has 1 unspecified atom stereocenters. The van der Waals surface area contributed by atoms with Crippen molar-refractivity contribution in [2.24, 2.45) is 0 Å². The first-order valence-electron chi connectivity index (χ1n) is 8.74. The monoisotopic (exact) mass is 360 g/mol. The van der Waals surface area contributed by atoms with Crippen LogP contribution in [0.2, 0.25) is 0 Å². The zero-order valence-electron chi connectivity index (χ0n) is 15.5. The van der Waals surface area contributed by atoms with Gasteiger partial charge in [-0.05, 0) is 17.9 Å². The number of pyridine rings is 1. The van der Waals surface area contributed by atoms with E-state index in [9.17, 15) is 4.79 Å². The molecule has 136 valence electrons. The summed E-state index contributed by atoms with van der Waals surface area (Å²) >= 11 is 0. The topological polar surface area (TPSA) is 97.4 Å². The molecule has 3 heterocycles. The van der Waals surface area contributed by atoms with Gasteiger partial charge in [-0.3, -0.25) is 19.3 Å². The highest BCUT2D eigenvalue weighted by atomic mass is 16.1. The lowest BCUT2D eigenvalue weighted by molar-refractivity contribution is 0.715. The van der Waals surface area contributed by atoms with Crippen LogP contribution in [0.5, 0.6) is 0 Å². The molecule has 7 heteroatoms. The van der Waals surface area contributed by atoms with Gasteiger partial charge in [0.1, 0.15) is 6.07 Å². The molecular weight excluding hydrogens is 340 g/mol. The lowest BCUT2D eigenvalue weighted by Crippen LogP contribution is -2.19. The first-order valence-corrected chi connectivity index (χ1v) is 8.74. The number of hydrogen-bond donors (Lipinski definition) is 0. The molecule has 0 aromatic carbocycles. The highest BCUT2D eigenvalue weighted by Gasteiger charge is 2.12. The Morgan fingerprint density at radius 2 is 1.89 bits per heavy atom. The Bertz CT molecular complexity index is 1030. The van der Waals surface area contributed by atoms with E-state index in [-0.39, 0.29) is 17.4 Å². The van der Waals surface area contributed by atoms with Gasteiger partial charge in [-0.15, -0.1) is 0 Å². The number of nitriles is 1. The molecule has 0 aliphatic heterocycles. The SMILES string of the molecule is CC(C)c1cnc(-n2cc(CC(C)c3cncc(C#N)n3)ccc2=O)cn1. The smallest absolute Gasteiger partial charge is 0.256 e. The maximum Gasteiger partial charge on any atom is 0.256 e. The first kappa shape index (κ1) is 18.4. The van der Waals surface area contributed by atoms with Gasteiger partial charge in [0.05, 0.1) is 30.0 Å². The van der Waals surface area contributed by atoms with Gasteiger partial charge < -0.3 is 0 Å². The molecule has 0 fully saturated rings. The van der Waals surface area contributed by atoms with Crippen LogP contribution in [-0.4, -0.2) is 24.5 Å². The van der Waals surface area contributed by atoms with Crippen molar-refractivity contribution in [1.82, 2.24) is 24.5 Å². The lowest BCUT2D eigenvalue weighted by Gasteiger charge is -2.13. The molecule has 1 atom stereocenters. The summed E-state index contributed by atoms with van der Waals surface area (Å²) < 4.78 is 1.50. The van der Waals surface area contributed by atoms with Crippen molar-refractivity contribution in [2.75, 3.05) is 0 Å². The van der Waals surface area contributed by atoms with Crippen molar-refractivity contribution in [2.45, 2.75) is 39.0 Å². The summed E-state index contributed by atoms with van der Waals surface area (Å²) in [4.78, 5) is 29.4. The van der Waals surface area contributed by atoms with E-state index in [0.717, 1.165) is 17.0 Å². The predicted molar refractivity (Wildman–Crippen MR) is 101 cm³/mol. The van der Waals surface area contributed by atoms with Crippen molar-refractivity contribution >= 4 is 0 Å². The summed E-state index contributed by atoms with van der Waals surface area (Å²) in [6.07, 6.45) is 8.85. The lowest BCUT2D eigenvalue weighted by atomic mass is 9.99. The standard InChI is InChI=1S/C20H20N6O/c1-13(2)17-10-24-19(11-23-17)26-12-15(4-5-20(26)27)6-14(3)18-9-22-8-16(7-21)25-18/h4-5,8-14H,6H2,1-3H3. The minimum absolute atomic E-state index is 0.0474. The molecule has 0 aliphatic rings. The Labute approximate surface area is 157 Å². The predicted octanol–water partition coefficient (Wildman–Crippen LogP) is 2.76. The van der Waals surface area contributed by atoms with Crippen molar-refractivity contribution in [3.63, 3.8) is 0 Å². The fourth-order valence-electron chi connectivity index (χ4n) is 2.72. The highest BCUT2D eigenvalue weighted by Crippen LogP contribution is 2.18. The Balaban J connectivity index is 1.86. The van der Waals surface area contributed by atoms with Crippen LogP contribution in [0.4, 0.5) is 0 Å². The van der Waals surface area contributed by atoms with Gasteiger partial charge >= 0.3 is 0 Å². The average Bonchev–Trinajstić information content (AvgIpc) is 2.69. The molecule has 7 nitrogen and oxygen atoms in total. The average molecular weight is 360 g/mol. The van der Waals surface area contributed by atoms with E-state index in [0.29, 0.717) is 17.9 Å². The Hall–Kier alpha value is -3.40. The van der Waals surface area contributed by atoms with Crippen LogP contribution in [-0.2, 0) is 6.42 Å². The molecule has 27 heavy (non-hydrogen) atoms. The van der Waals surface area contributed by atoms with Gasteiger partial charge in [-0.25, -0.2) is 9.97 Å². The van der Waals surface area contributed by atoms with E-state index in [4.69, 9.17) is 5.26 Å². The molecule has 0 saturated carbocycles. The fraction of sp³-hybridized carbons (Fsp3) is 0.300. The fourth-order valence-corrected chi connectivity index (χ4v) is 2.72. The second-order valence-electron chi connectivity index (χ2n) is 6.75. The maximum atomic E-state index is 12.3. The van der Waals surface area contributed by atoms with Crippen LogP contribution in [0.3, 0.4) is 0 Å². The summed E-state index contributed by atoms with van der Waals surface area (Å²) in [7, 11) is 0. The molecule has 3 aromatic rings. The zero-order chi connectivity index (χ0) is 19.4. The third-order valence-electron chi connectivity index (χ3n) is 4.28. The highest BCUT2D eigenvalue weighted by molar-refractivity contribution is 5.25. The quantitative estimate of drug-likeness (QED) is 0.694. The summed E-state index contributed by atoms with van der Waals surface area (Å²) in [5, 5.41) is 8.98. The summed E-state index contributed by atoms with van der Waals surface area (Å²) in [5.41, 5.74) is 2.72. The minimum Gasteiger partial charge on any atom is -0.269 e.